The highest BCUT2D eigenvalue weighted by atomic mass is 35.5. The van der Waals surface area contributed by atoms with Crippen LogP contribution in [0.3, 0.4) is 0 Å². The maximum Gasteiger partial charge on any atom is 0.226 e. The van der Waals surface area contributed by atoms with E-state index in [-0.39, 0.29) is 18.4 Å². The minimum absolute atomic E-state index is 0.0798. The second-order valence-electron chi connectivity index (χ2n) is 10.2. The van der Waals surface area contributed by atoms with Crippen LogP contribution in [0, 0.1) is 11.3 Å². The van der Waals surface area contributed by atoms with Gasteiger partial charge in [-0.15, -0.1) is 0 Å². The molecule has 7 nitrogen and oxygen atoms in total. The third kappa shape index (κ3) is 8.20. The van der Waals surface area contributed by atoms with Crippen LogP contribution in [-0.4, -0.2) is 44.1 Å². The molecule has 1 aromatic heterocycles. The summed E-state index contributed by atoms with van der Waals surface area (Å²) in [6.07, 6.45) is 9.01. The molecule has 1 aliphatic rings. The zero-order chi connectivity index (χ0) is 28.5. The number of aromatic nitrogens is 2. The summed E-state index contributed by atoms with van der Waals surface area (Å²) in [5.41, 5.74) is 3.35. The number of thiocarbonyl (C=S) groups is 1. The molecule has 1 saturated carbocycles. The van der Waals surface area contributed by atoms with Crippen molar-refractivity contribution >= 4 is 46.4 Å². The van der Waals surface area contributed by atoms with E-state index in [0.29, 0.717) is 46.4 Å². The Bertz CT molecular complexity index is 1350. The second-order valence-corrected chi connectivity index (χ2v) is 11.4. The van der Waals surface area contributed by atoms with E-state index >= 15 is 0 Å². The maximum absolute atomic E-state index is 13.2. The van der Waals surface area contributed by atoms with Gasteiger partial charge in [0, 0.05) is 43.6 Å². The molecule has 2 aromatic carbocycles. The number of carbonyl (C=O) groups is 1. The molecule has 0 unspecified atom stereocenters. The maximum atomic E-state index is 13.2. The van der Waals surface area contributed by atoms with Crippen molar-refractivity contribution in [2.24, 2.45) is 0 Å². The van der Waals surface area contributed by atoms with Gasteiger partial charge in [-0.2, -0.15) is 5.26 Å². The zero-order valence-corrected chi connectivity index (χ0v) is 24.9. The van der Waals surface area contributed by atoms with Gasteiger partial charge in [-0.1, -0.05) is 67.2 Å². The average molecular weight is 598 g/mol. The molecule has 0 aliphatic heterocycles. The molecule has 210 valence electrons. The Morgan fingerprint density at radius 1 is 1.23 bits per heavy atom. The number of nitrogens with zero attached hydrogens (tertiary/aromatic N) is 4. The summed E-state index contributed by atoms with van der Waals surface area (Å²) in [6.45, 7) is 3.65. The average Bonchev–Trinajstić information content (AvgIpc) is 3.62. The van der Waals surface area contributed by atoms with E-state index < -0.39 is 0 Å². The third-order valence-corrected chi connectivity index (χ3v) is 8.47. The molecular weight excluding hydrogens is 563 g/mol. The first-order valence-electron chi connectivity index (χ1n) is 13.6. The summed E-state index contributed by atoms with van der Waals surface area (Å²) in [5.74, 6) is -0.0798. The van der Waals surface area contributed by atoms with Gasteiger partial charge in [-0.3, -0.25) is 4.79 Å². The lowest BCUT2D eigenvalue weighted by molar-refractivity contribution is -0.121. The van der Waals surface area contributed by atoms with E-state index in [0.717, 1.165) is 36.1 Å². The lowest BCUT2D eigenvalue weighted by Crippen LogP contribution is -2.50. The fourth-order valence-corrected chi connectivity index (χ4v) is 5.62. The van der Waals surface area contributed by atoms with Crippen LogP contribution < -0.4 is 10.6 Å². The summed E-state index contributed by atoms with van der Waals surface area (Å²) in [7, 11) is 0. The van der Waals surface area contributed by atoms with E-state index in [1.54, 1.807) is 30.7 Å². The van der Waals surface area contributed by atoms with Crippen molar-refractivity contribution in [1.29, 1.82) is 5.26 Å². The van der Waals surface area contributed by atoms with Crippen molar-refractivity contribution in [3.05, 3.63) is 87.4 Å². The molecule has 0 saturated heterocycles. The Hall–Kier alpha value is -3.12. The minimum atomic E-state index is -0.122. The van der Waals surface area contributed by atoms with Crippen LogP contribution >= 0.6 is 35.4 Å². The van der Waals surface area contributed by atoms with Gasteiger partial charge in [0.1, 0.15) is 0 Å². The molecular formula is C30H34Cl2N6OS. The number of hydrogen-bond acceptors (Lipinski definition) is 4. The van der Waals surface area contributed by atoms with Crippen molar-refractivity contribution in [3.8, 4) is 6.07 Å². The number of nitriles is 1. The van der Waals surface area contributed by atoms with Gasteiger partial charge in [-0.05, 0) is 60.8 Å². The summed E-state index contributed by atoms with van der Waals surface area (Å²) < 4.78 is 1.95. The Kier molecular flexibility index (Phi) is 10.8. The van der Waals surface area contributed by atoms with Gasteiger partial charge in [0.15, 0.2) is 5.11 Å². The molecule has 2 N–H and O–H groups in total. The summed E-state index contributed by atoms with van der Waals surface area (Å²) in [4.78, 5) is 19.5. The van der Waals surface area contributed by atoms with Crippen molar-refractivity contribution in [3.63, 3.8) is 0 Å². The molecule has 0 spiro atoms. The summed E-state index contributed by atoms with van der Waals surface area (Å²) in [5, 5.41) is 17.4. The van der Waals surface area contributed by atoms with Crippen molar-refractivity contribution in [1.82, 2.24) is 25.1 Å². The lowest BCUT2D eigenvalue weighted by Gasteiger charge is -2.32. The highest BCUT2D eigenvalue weighted by Gasteiger charge is 2.23. The first kappa shape index (κ1) is 29.9. The van der Waals surface area contributed by atoms with E-state index in [4.69, 9.17) is 40.7 Å². The van der Waals surface area contributed by atoms with Crippen molar-refractivity contribution < 1.29 is 4.79 Å². The molecule has 0 bridgehead atoms. The van der Waals surface area contributed by atoms with Gasteiger partial charge in [-0.25, -0.2) is 4.98 Å². The fourth-order valence-electron chi connectivity index (χ4n) is 4.94. The second kappa shape index (κ2) is 14.5. The molecule has 1 heterocycles. The van der Waals surface area contributed by atoms with E-state index in [9.17, 15) is 4.79 Å². The number of halogens is 2. The molecule has 1 atom stereocenters. The predicted octanol–water partition coefficient (Wildman–Crippen LogP) is 5.87. The number of carbonyl (C=O) groups excluding carboxylic acids is 1. The molecule has 1 aliphatic carbocycles. The quantitative estimate of drug-likeness (QED) is 0.269. The van der Waals surface area contributed by atoms with Gasteiger partial charge in [0.2, 0.25) is 5.91 Å². The van der Waals surface area contributed by atoms with Crippen molar-refractivity contribution in [2.75, 3.05) is 6.54 Å². The van der Waals surface area contributed by atoms with Crippen LogP contribution in [0.4, 0.5) is 0 Å². The molecule has 3 aromatic rings. The number of nitrogens with one attached hydrogen (secondary N) is 2. The Morgan fingerprint density at radius 3 is 2.67 bits per heavy atom. The Balaban J connectivity index is 1.41. The number of hydrogen-bond donors (Lipinski definition) is 2. The highest BCUT2D eigenvalue weighted by molar-refractivity contribution is 7.80. The van der Waals surface area contributed by atoms with Crippen LogP contribution in [0.5, 0.6) is 0 Å². The first-order valence-corrected chi connectivity index (χ1v) is 14.8. The molecule has 0 radical (unpaired) electrons. The minimum Gasteiger partial charge on any atom is -0.360 e. The normalized spacial score (nSPS) is 13.9. The Labute approximate surface area is 251 Å². The number of amides is 1. The molecule has 1 amide bonds. The smallest absolute Gasteiger partial charge is 0.226 e. The molecule has 4 rings (SSSR count). The van der Waals surface area contributed by atoms with Crippen molar-refractivity contribution in [2.45, 2.75) is 70.6 Å². The van der Waals surface area contributed by atoms with Crippen LogP contribution in [-0.2, 0) is 24.3 Å². The van der Waals surface area contributed by atoms with E-state index in [1.807, 2.05) is 28.8 Å². The van der Waals surface area contributed by atoms with Gasteiger partial charge < -0.3 is 20.1 Å². The SMILES string of the molecule is CC[C@@H](CN(Cc1cccc(Cl)c1Cl)C(=S)NC1CCCC1)NC(=O)Cc1cncn1Cc1ccc(C#N)cc1. The first-order chi connectivity index (χ1) is 19.4. The number of imidazole rings is 1. The monoisotopic (exact) mass is 596 g/mol. The van der Waals surface area contributed by atoms with Gasteiger partial charge in [0.05, 0.1) is 34.4 Å². The fraction of sp³-hybridized carbons (Fsp3) is 0.400. The predicted molar refractivity (Wildman–Crippen MR) is 163 cm³/mol. The molecule has 10 heteroatoms. The Morgan fingerprint density at radius 2 is 1.98 bits per heavy atom. The van der Waals surface area contributed by atoms with Crippen LogP contribution in [0.25, 0.3) is 0 Å². The number of rotatable bonds is 11. The highest BCUT2D eigenvalue weighted by Crippen LogP contribution is 2.27. The largest absolute Gasteiger partial charge is 0.360 e. The van der Waals surface area contributed by atoms with Crippen LogP contribution in [0.2, 0.25) is 10.0 Å². The molecule has 1 fully saturated rings. The van der Waals surface area contributed by atoms with Gasteiger partial charge >= 0.3 is 0 Å². The van der Waals surface area contributed by atoms with Crippen LogP contribution in [0.15, 0.2) is 55.0 Å². The molecule has 40 heavy (non-hydrogen) atoms. The zero-order valence-electron chi connectivity index (χ0n) is 22.6. The van der Waals surface area contributed by atoms with E-state index in [1.165, 1.54) is 12.8 Å². The summed E-state index contributed by atoms with van der Waals surface area (Å²) >= 11 is 18.7. The topological polar surface area (TPSA) is 86.0 Å². The number of benzene rings is 2. The summed E-state index contributed by atoms with van der Waals surface area (Å²) in [6, 6.07) is 15.4. The van der Waals surface area contributed by atoms with E-state index in [2.05, 4.69) is 33.5 Å². The third-order valence-electron chi connectivity index (χ3n) is 7.24. The lowest BCUT2D eigenvalue weighted by atomic mass is 10.1. The standard InChI is InChI=1S/C30H34Cl2N6OS/c1-2-24(35-28(39)14-26-16-34-20-38(26)17-22-12-10-21(15-33)11-13-22)19-37(30(40)36-25-7-3-4-8-25)18-23-6-5-9-27(31)29(23)32/h5-6,9-13,16,20,24-25H,2-4,7-8,14,17-19H2,1H3,(H,35,39)(H,36,40)/t24-/m0/s1. The van der Waals surface area contributed by atoms with Gasteiger partial charge in [0.25, 0.3) is 0 Å². The van der Waals surface area contributed by atoms with Crippen LogP contribution in [0.1, 0.15) is 61.4 Å².